The van der Waals surface area contributed by atoms with Gasteiger partial charge < -0.3 is 25.0 Å². The van der Waals surface area contributed by atoms with Gasteiger partial charge in [0.15, 0.2) is 0 Å². The summed E-state index contributed by atoms with van der Waals surface area (Å²) in [5, 5.41) is 28.9. The maximum Gasteiger partial charge on any atom is 0.255 e. The van der Waals surface area contributed by atoms with E-state index < -0.39 is 42.4 Å². The predicted octanol–water partition coefficient (Wildman–Crippen LogP) is -0.475. The van der Waals surface area contributed by atoms with Crippen LogP contribution in [0.25, 0.3) is 11.0 Å². The van der Waals surface area contributed by atoms with Crippen LogP contribution in [0.3, 0.4) is 0 Å². The molecule has 0 aromatic carbocycles. The van der Waals surface area contributed by atoms with Crippen LogP contribution in [0.2, 0.25) is 0 Å². The number of pyridine rings is 2. The average molecular weight is 310 g/mol. The Morgan fingerprint density at radius 2 is 2.14 bits per heavy atom. The summed E-state index contributed by atoms with van der Waals surface area (Å²) in [4.78, 5) is 18.5. The van der Waals surface area contributed by atoms with E-state index in [1.807, 2.05) is 0 Å². The molecule has 118 valence electrons. The number of ether oxygens (including phenoxy) is 1. The number of nitrogens with one attached hydrogen (secondary N) is 1. The van der Waals surface area contributed by atoms with Crippen molar-refractivity contribution < 1.29 is 24.4 Å². The molecule has 0 bridgehead atoms. The van der Waals surface area contributed by atoms with Gasteiger partial charge in [-0.3, -0.25) is 4.79 Å². The Hall–Kier alpha value is -1.87. The fourth-order valence-electron chi connectivity index (χ4n) is 2.60. The molecule has 3 rings (SSSR count). The van der Waals surface area contributed by atoms with E-state index in [-0.39, 0.29) is 16.6 Å². The van der Waals surface area contributed by atoms with E-state index >= 15 is 0 Å². The van der Waals surface area contributed by atoms with Crippen molar-refractivity contribution >= 4 is 11.0 Å². The molecular formula is C14H15FN2O5. The van der Waals surface area contributed by atoms with Crippen LogP contribution in [-0.2, 0) is 4.74 Å². The first-order valence-corrected chi connectivity index (χ1v) is 6.74. The molecule has 1 saturated heterocycles. The summed E-state index contributed by atoms with van der Waals surface area (Å²) in [6.07, 6.45) is -3.57. The maximum absolute atomic E-state index is 14.2. The number of H-pyrrole nitrogens is 1. The number of halogens is 1. The van der Waals surface area contributed by atoms with Crippen molar-refractivity contribution in [3.05, 3.63) is 39.6 Å². The largest absolute Gasteiger partial charge is 0.394 e. The Labute approximate surface area is 124 Å². The van der Waals surface area contributed by atoms with Gasteiger partial charge in [0.05, 0.1) is 12.0 Å². The second-order valence-electron chi connectivity index (χ2n) is 5.33. The van der Waals surface area contributed by atoms with Gasteiger partial charge in [-0.15, -0.1) is 0 Å². The van der Waals surface area contributed by atoms with E-state index in [2.05, 4.69) is 9.97 Å². The van der Waals surface area contributed by atoms with Gasteiger partial charge in [0.25, 0.3) is 5.56 Å². The highest BCUT2D eigenvalue weighted by Crippen LogP contribution is 2.33. The Morgan fingerprint density at radius 3 is 2.77 bits per heavy atom. The molecule has 4 N–H and O–H groups in total. The fourth-order valence-corrected chi connectivity index (χ4v) is 2.60. The van der Waals surface area contributed by atoms with Gasteiger partial charge >= 0.3 is 0 Å². The standard InChI is InChI=1S/C14H15FN2O5/c1-5-3-16-13-6(9(5)15)2-7(14(21)17-13)12-11(20)10(19)8(4-18)22-12/h2-3,8,10-12,18-20H,4H2,1H3,(H,16,17,21). The Morgan fingerprint density at radius 1 is 1.41 bits per heavy atom. The Balaban J connectivity index is 2.13. The molecule has 4 atom stereocenters. The molecule has 4 unspecified atom stereocenters. The monoisotopic (exact) mass is 310 g/mol. The van der Waals surface area contributed by atoms with Gasteiger partial charge in [0.2, 0.25) is 0 Å². The molecule has 0 spiro atoms. The predicted molar refractivity (Wildman–Crippen MR) is 73.8 cm³/mol. The lowest BCUT2D eigenvalue weighted by Crippen LogP contribution is -2.33. The van der Waals surface area contributed by atoms with Crippen molar-refractivity contribution in [1.82, 2.24) is 9.97 Å². The molecule has 8 heteroatoms. The summed E-state index contributed by atoms with van der Waals surface area (Å²) in [7, 11) is 0. The number of hydrogen-bond acceptors (Lipinski definition) is 6. The van der Waals surface area contributed by atoms with Gasteiger partial charge in [-0.2, -0.15) is 0 Å². The fraction of sp³-hybridized carbons (Fsp3) is 0.429. The Kier molecular flexibility index (Phi) is 3.69. The van der Waals surface area contributed by atoms with Crippen molar-refractivity contribution in [1.29, 1.82) is 0 Å². The van der Waals surface area contributed by atoms with Crippen molar-refractivity contribution in [2.45, 2.75) is 31.3 Å². The summed E-state index contributed by atoms with van der Waals surface area (Å²) in [5.74, 6) is -0.533. The van der Waals surface area contributed by atoms with Crippen LogP contribution >= 0.6 is 0 Å². The number of aromatic nitrogens is 2. The van der Waals surface area contributed by atoms with E-state index in [9.17, 15) is 19.4 Å². The van der Waals surface area contributed by atoms with E-state index in [0.717, 1.165) is 0 Å². The van der Waals surface area contributed by atoms with Gasteiger partial charge in [0.1, 0.15) is 35.9 Å². The molecule has 2 aromatic heterocycles. The van der Waals surface area contributed by atoms with Crippen molar-refractivity contribution in [3.8, 4) is 0 Å². The maximum atomic E-state index is 14.2. The normalized spacial score (nSPS) is 28.4. The highest BCUT2D eigenvalue weighted by atomic mass is 19.1. The van der Waals surface area contributed by atoms with Crippen LogP contribution in [0.4, 0.5) is 4.39 Å². The zero-order valence-electron chi connectivity index (χ0n) is 11.7. The van der Waals surface area contributed by atoms with Crippen LogP contribution in [0, 0.1) is 12.7 Å². The second-order valence-corrected chi connectivity index (χ2v) is 5.33. The zero-order valence-corrected chi connectivity index (χ0v) is 11.7. The molecule has 1 aliphatic rings. The lowest BCUT2D eigenvalue weighted by molar-refractivity contribution is -0.0231. The number of fused-ring (bicyclic) bond motifs is 1. The number of hydrogen-bond donors (Lipinski definition) is 4. The van der Waals surface area contributed by atoms with Gasteiger partial charge in [-0.1, -0.05) is 0 Å². The highest BCUT2D eigenvalue weighted by molar-refractivity contribution is 5.76. The molecular weight excluding hydrogens is 295 g/mol. The molecule has 1 fully saturated rings. The number of aromatic amines is 1. The minimum Gasteiger partial charge on any atom is -0.394 e. The van der Waals surface area contributed by atoms with Crippen LogP contribution in [-0.4, -0.2) is 50.2 Å². The molecule has 22 heavy (non-hydrogen) atoms. The SMILES string of the molecule is Cc1cnc2[nH]c(=O)c(C3OC(CO)C(O)C3O)cc2c1F. The van der Waals surface area contributed by atoms with Gasteiger partial charge in [0, 0.05) is 17.3 Å². The van der Waals surface area contributed by atoms with Crippen molar-refractivity contribution in [3.63, 3.8) is 0 Å². The minimum absolute atomic E-state index is 0.0266. The van der Waals surface area contributed by atoms with Crippen LogP contribution in [0.5, 0.6) is 0 Å². The molecule has 0 radical (unpaired) electrons. The topological polar surface area (TPSA) is 116 Å². The number of aliphatic hydroxyl groups excluding tert-OH is 3. The molecule has 0 aliphatic carbocycles. The first-order valence-electron chi connectivity index (χ1n) is 6.74. The number of rotatable bonds is 2. The van der Waals surface area contributed by atoms with Crippen LogP contribution in [0.15, 0.2) is 17.1 Å². The molecule has 7 nitrogen and oxygen atoms in total. The summed E-state index contributed by atoms with van der Waals surface area (Å²) in [6.45, 7) is 1.04. The van der Waals surface area contributed by atoms with E-state index in [1.165, 1.54) is 12.3 Å². The first kappa shape index (κ1) is 15.0. The third-order valence-electron chi connectivity index (χ3n) is 3.87. The summed E-state index contributed by atoms with van der Waals surface area (Å²) in [5.41, 5.74) is -0.227. The van der Waals surface area contributed by atoms with Crippen LogP contribution in [0.1, 0.15) is 17.2 Å². The lowest BCUT2D eigenvalue weighted by Gasteiger charge is -2.15. The molecule has 0 amide bonds. The quantitative estimate of drug-likeness (QED) is 0.596. The summed E-state index contributed by atoms with van der Waals surface area (Å²) < 4.78 is 19.5. The zero-order chi connectivity index (χ0) is 16.0. The number of aryl methyl sites for hydroxylation is 1. The molecule has 0 saturated carbocycles. The number of nitrogens with zero attached hydrogens (tertiary/aromatic N) is 1. The Bertz CT molecular complexity index is 778. The van der Waals surface area contributed by atoms with E-state index in [4.69, 9.17) is 9.84 Å². The second kappa shape index (κ2) is 5.40. The van der Waals surface area contributed by atoms with E-state index in [1.54, 1.807) is 6.92 Å². The molecule has 3 heterocycles. The lowest BCUT2D eigenvalue weighted by atomic mass is 10.0. The third kappa shape index (κ3) is 2.20. The van der Waals surface area contributed by atoms with Gasteiger partial charge in [-0.05, 0) is 13.0 Å². The first-order chi connectivity index (χ1) is 10.4. The smallest absolute Gasteiger partial charge is 0.255 e. The highest BCUT2D eigenvalue weighted by Gasteiger charge is 2.44. The minimum atomic E-state index is -1.39. The average Bonchev–Trinajstić information content (AvgIpc) is 2.79. The van der Waals surface area contributed by atoms with Crippen molar-refractivity contribution in [2.75, 3.05) is 6.61 Å². The van der Waals surface area contributed by atoms with E-state index in [0.29, 0.717) is 5.56 Å². The third-order valence-corrected chi connectivity index (χ3v) is 3.87. The summed E-state index contributed by atoms with van der Waals surface area (Å²) in [6, 6.07) is 1.25. The van der Waals surface area contributed by atoms with Gasteiger partial charge in [-0.25, -0.2) is 9.37 Å². The number of aliphatic hydroxyl groups is 3. The van der Waals surface area contributed by atoms with Crippen molar-refractivity contribution in [2.24, 2.45) is 0 Å². The van der Waals surface area contributed by atoms with Crippen LogP contribution < -0.4 is 5.56 Å². The molecule has 1 aliphatic heterocycles. The summed E-state index contributed by atoms with van der Waals surface area (Å²) >= 11 is 0. The molecule has 2 aromatic rings.